The van der Waals surface area contributed by atoms with E-state index in [0.29, 0.717) is 13.2 Å². The van der Waals surface area contributed by atoms with Crippen LogP contribution in [-0.4, -0.2) is 45.1 Å². The first-order valence-electron chi connectivity index (χ1n) is 8.73. The van der Waals surface area contributed by atoms with Gasteiger partial charge in [0.05, 0.1) is 28.8 Å². The van der Waals surface area contributed by atoms with E-state index in [1.807, 2.05) is 24.3 Å². The number of hydrogen-bond donors (Lipinski definition) is 2. The molecule has 2 aromatic carbocycles. The predicted molar refractivity (Wildman–Crippen MR) is 116 cm³/mol. The molecule has 0 aromatic heterocycles. The molecule has 1 fully saturated rings. The Morgan fingerprint density at radius 3 is 2.52 bits per heavy atom. The van der Waals surface area contributed by atoms with Crippen molar-refractivity contribution in [2.45, 2.75) is 4.90 Å². The zero-order valence-electron chi connectivity index (χ0n) is 15.3. The molecule has 2 aromatic rings. The number of rotatable bonds is 5. The van der Waals surface area contributed by atoms with Crippen LogP contribution in [0.2, 0.25) is 5.02 Å². The van der Waals surface area contributed by atoms with E-state index in [9.17, 15) is 13.2 Å². The lowest BCUT2D eigenvalue weighted by molar-refractivity contribution is 0.0730. The largest absolute Gasteiger partial charge is 0.379 e. The van der Waals surface area contributed by atoms with E-state index in [-0.39, 0.29) is 28.7 Å². The molecule has 1 aliphatic rings. The number of urea groups is 1. The van der Waals surface area contributed by atoms with Gasteiger partial charge in [0.1, 0.15) is 0 Å². The Morgan fingerprint density at radius 2 is 1.83 bits per heavy atom. The van der Waals surface area contributed by atoms with Crippen molar-refractivity contribution in [1.82, 2.24) is 9.62 Å². The molecule has 1 saturated heterocycles. The van der Waals surface area contributed by atoms with Gasteiger partial charge in [-0.15, -0.1) is 0 Å². The van der Waals surface area contributed by atoms with Crippen molar-refractivity contribution in [2.24, 2.45) is 0 Å². The summed E-state index contributed by atoms with van der Waals surface area (Å²) in [6.07, 6.45) is 3.22. The molecule has 0 atom stereocenters. The Kier molecular flexibility index (Phi) is 7.31. The van der Waals surface area contributed by atoms with E-state index in [1.165, 1.54) is 28.7 Å². The first-order valence-corrected chi connectivity index (χ1v) is 11.3. The van der Waals surface area contributed by atoms with E-state index in [2.05, 4.69) is 26.6 Å². The first-order chi connectivity index (χ1) is 13.9. The minimum atomic E-state index is -3.69. The van der Waals surface area contributed by atoms with Crippen molar-refractivity contribution in [3.8, 4) is 0 Å². The van der Waals surface area contributed by atoms with Crippen LogP contribution >= 0.6 is 27.5 Å². The fourth-order valence-corrected chi connectivity index (χ4v) is 4.51. The molecule has 0 spiro atoms. The number of morpholine rings is 1. The normalized spacial score (nSPS) is 15.4. The average molecular weight is 501 g/mol. The van der Waals surface area contributed by atoms with Gasteiger partial charge in [-0.3, -0.25) is 0 Å². The lowest BCUT2D eigenvalue weighted by atomic mass is 10.2. The first kappa shape index (κ1) is 21.8. The molecule has 0 aliphatic carbocycles. The molecule has 1 heterocycles. The van der Waals surface area contributed by atoms with Crippen molar-refractivity contribution in [3.05, 3.63) is 63.7 Å². The van der Waals surface area contributed by atoms with Crippen LogP contribution in [0.25, 0.3) is 6.08 Å². The molecule has 0 unspecified atom stereocenters. The number of benzene rings is 2. The van der Waals surface area contributed by atoms with Gasteiger partial charge in [-0.1, -0.05) is 39.7 Å². The number of nitrogens with zero attached hydrogens (tertiary/aromatic N) is 1. The predicted octanol–water partition coefficient (Wildman–Crippen LogP) is 3.92. The summed E-state index contributed by atoms with van der Waals surface area (Å²) in [5.41, 5.74) is 1.11. The highest BCUT2D eigenvalue weighted by molar-refractivity contribution is 9.10. The summed E-state index contributed by atoms with van der Waals surface area (Å²) < 4.78 is 33.1. The lowest BCUT2D eigenvalue weighted by Crippen LogP contribution is -2.40. The van der Waals surface area contributed by atoms with Crippen LogP contribution in [0.3, 0.4) is 0 Å². The molecule has 10 heteroatoms. The summed E-state index contributed by atoms with van der Waals surface area (Å²) in [4.78, 5) is 12.2. The number of ether oxygens (including phenoxy) is 1. The Hall–Kier alpha value is -1.91. The third-order valence-corrected chi connectivity index (χ3v) is 6.91. The summed E-state index contributed by atoms with van der Waals surface area (Å²) in [5.74, 6) is 0. The van der Waals surface area contributed by atoms with Crippen molar-refractivity contribution < 1.29 is 17.9 Å². The van der Waals surface area contributed by atoms with E-state index in [4.69, 9.17) is 16.3 Å². The van der Waals surface area contributed by atoms with Gasteiger partial charge in [-0.25, -0.2) is 13.2 Å². The molecule has 0 bridgehead atoms. The van der Waals surface area contributed by atoms with Crippen molar-refractivity contribution in [3.63, 3.8) is 0 Å². The minimum Gasteiger partial charge on any atom is -0.379 e. The molecule has 2 amide bonds. The molecule has 154 valence electrons. The van der Waals surface area contributed by atoms with Gasteiger partial charge >= 0.3 is 6.03 Å². The fourth-order valence-electron chi connectivity index (χ4n) is 2.64. The topological polar surface area (TPSA) is 87.7 Å². The Balaban J connectivity index is 1.67. The van der Waals surface area contributed by atoms with Crippen LogP contribution in [0.15, 0.2) is 58.0 Å². The third kappa shape index (κ3) is 5.80. The number of anilines is 1. The maximum absolute atomic E-state index is 12.8. The molecular weight excluding hydrogens is 482 g/mol. The number of halogens is 2. The second kappa shape index (κ2) is 9.73. The number of amides is 2. The van der Waals surface area contributed by atoms with Gasteiger partial charge in [-0.2, -0.15) is 4.31 Å². The van der Waals surface area contributed by atoms with Gasteiger partial charge in [0.25, 0.3) is 0 Å². The van der Waals surface area contributed by atoms with Crippen molar-refractivity contribution in [2.75, 3.05) is 31.6 Å². The zero-order valence-corrected chi connectivity index (χ0v) is 18.4. The lowest BCUT2D eigenvalue weighted by Gasteiger charge is -2.26. The molecule has 29 heavy (non-hydrogen) atoms. The summed E-state index contributed by atoms with van der Waals surface area (Å²) in [7, 11) is -3.69. The standard InChI is InChI=1S/C19H19BrClN3O4S/c20-15-3-1-14(2-4-15)7-8-22-19(25)23-18-13-16(5-6-17(18)21)29(26,27)24-9-11-28-12-10-24/h1-8,13H,9-12H2,(H2,22,23,25)/b8-7+. The summed E-state index contributed by atoms with van der Waals surface area (Å²) >= 11 is 9.48. The van der Waals surface area contributed by atoms with Gasteiger partial charge in [0.15, 0.2) is 0 Å². The summed E-state index contributed by atoms with van der Waals surface area (Å²) in [5, 5.41) is 5.37. The maximum Gasteiger partial charge on any atom is 0.323 e. The van der Waals surface area contributed by atoms with Gasteiger partial charge < -0.3 is 15.4 Å². The van der Waals surface area contributed by atoms with Gasteiger partial charge in [-0.05, 0) is 42.0 Å². The highest BCUT2D eigenvalue weighted by atomic mass is 79.9. The van der Waals surface area contributed by atoms with Gasteiger partial charge in [0, 0.05) is 23.8 Å². The minimum absolute atomic E-state index is 0.0597. The van der Waals surface area contributed by atoms with Crippen molar-refractivity contribution in [1.29, 1.82) is 0 Å². The van der Waals surface area contributed by atoms with E-state index >= 15 is 0 Å². The molecule has 3 rings (SSSR count). The SMILES string of the molecule is O=C(N/C=C/c1ccc(Br)cc1)Nc1cc(S(=O)(=O)N2CCOCC2)ccc1Cl. The molecule has 0 radical (unpaired) electrons. The molecule has 7 nitrogen and oxygen atoms in total. The second-order valence-corrected chi connectivity index (χ2v) is 9.40. The van der Waals surface area contributed by atoms with E-state index < -0.39 is 16.1 Å². The number of hydrogen-bond acceptors (Lipinski definition) is 4. The van der Waals surface area contributed by atoms with E-state index in [0.717, 1.165) is 10.0 Å². The van der Waals surface area contributed by atoms with E-state index in [1.54, 1.807) is 6.08 Å². The Bertz CT molecular complexity index is 1010. The quantitative estimate of drug-likeness (QED) is 0.651. The molecule has 2 N–H and O–H groups in total. The second-order valence-electron chi connectivity index (χ2n) is 6.14. The molecular formula is C19H19BrClN3O4S. The van der Waals surface area contributed by atoms with Crippen LogP contribution in [0.1, 0.15) is 5.56 Å². The van der Waals surface area contributed by atoms with Gasteiger partial charge in [0.2, 0.25) is 10.0 Å². The Labute approximate surface area is 182 Å². The number of nitrogens with one attached hydrogen (secondary N) is 2. The number of carbonyl (C=O) groups excluding carboxylic acids is 1. The third-order valence-electron chi connectivity index (χ3n) is 4.15. The van der Waals surface area contributed by atoms with Crippen molar-refractivity contribution >= 4 is 55.3 Å². The fraction of sp³-hybridized carbons (Fsp3) is 0.211. The average Bonchev–Trinajstić information content (AvgIpc) is 2.71. The smallest absolute Gasteiger partial charge is 0.323 e. The number of sulfonamides is 1. The van der Waals surface area contributed by atoms with Crippen LogP contribution in [-0.2, 0) is 14.8 Å². The van der Waals surface area contributed by atoms with Crippen LogP contribution in [0.5, 0.6) is 0 Å². The van der Waals surface area contributed by atoms with Crippen LogP contribution in [0, 0.1) is 0 Å². The number of carbonyl (C=O) groups is 1. The summed E-state index contributed by atoms with van der Waals surface area (Å²) in [6.45, 7) is 1.28. The maximum atomic E-state index is 12.8. The summed E-state index contributed by atoms with van der Waals surface area (Å²) in [6, 6.07) is 11.2. The molecule has 0 saturated carbocycles. The highest BCUT2D eigenvalue weighted by Gasteiger charge is 2.27. The van der Waals surface area contributed by atoms with Crippen LogP contribution < -0.4 is 10.6 Å². The highest BCUT2D eigenvalue weighted by Crippen LogP contribution is 2.27. The monoisotopic (exact) mass is 499 g/mol. The Morgan fingerprint density at radius 1 is 1.14 bits per heavy atom. The van der Waals surface area contributed by atoms with Crippen LogP contribution in [0.4, 0.5) is 10.5 Å². The molecule has 1 aliphatic heterocycles. The zero-order chi connectivity index (χ0) is 20.9.